The molecule has 42 heavy (non-hydrogen) atoms. The monoisotopic (exact) mass is 575 g/mol. The maximum absolute atomic E-state index is 13.8. The van der Waals surface area contributed by atoms with Crippen LogP contribution in [0.25, 0.3) is 11.1 Å². The van der Waals surface area contributed by atoms with Crippen LogP contribution < -0.4 is 10.1 Å². The minimum atomic E-state index is -0.977. The van der Waals surface area contributed by atoms with Gasteiger partial charge in [-0.1, -0.05) is 75.5 Å². The molecule has 1 fully saturated rings. The van der Waals surface area contributed by atoms with E-state index in [2.05, 4.69) is 23.6 Å². The molecule has 2 aromatic carbocycles. The van der Waals surface area contributed by atoms with E-state index in [4.69, 9.17) is 19.0 Å². The first-order chi connectivity index (χ1) is 20.1. The lowest BCUT2D eigenvalue weighted by atomic mass is 9.85. The van der Waals surface area contributed by atoms with Gasteiger partial charge in [-0.3, -0.25) is 4.79 Å². The molecule has 0 bridgehead atoms. The maximum Gasteiger partial charge on any atom is 0.408 e. The number of alkyl carbamates (subject to hydrolysis) is 1. The molecule has 0 radical (unpaired) electrons. The van der Waals surface area contributed by atoms with E-state index in [1.807, 2.05) is 63.2 Å². The van der Waals surface area contributed by atoms with Gasteiger partial charge in [-0.25, -0.2) is 9.59 Å². The highest BCUT2D eigenvalue weighted by Gasteiger charge is 2.46. The van der Waals surface area contributed by atoms with E-state index in [-0.39, 0.29) is 19.6 Å². The normalized spacial score (nSPS) is 18.9. The van der Waals surface area contributed by atoms with Crippen molar-refractivity contribution in [2.45, 2.75) is 45.4 Å². The van der Waals surface area contributed by atoms with Gasteiger partial charge < -0.3 is 29.3 Å². The summed E-state index contributed by atoms with van der Waals surface area (Å²) in [5.74, 6) is -0.359. The third-order valence-corrected chi connectivity index (χ3v) is 7.11. The highest BCUT2D eigenvalue weighted by atomic mass is 16.6. The zero-order valence-corrected chi connectivity index (χ0v) is 24.4. The number of esters is 1. The van der Waals surface area contributed by atoms with Gasteiger partial charge >= 0.3 is 12.1 Å². The van der Waals surface area contributed by atoms with Crippen molar-refractivity contribution in [2.75, 3.05) is 26.9 Å². The van der Waals surface area contributed by atoms with Gasteiger partial charge in [-0.2, -0.15) is 0 Å². The van der Waals surface area contributed by atoms with Crippen LogP contribution in [0.15, 0.2) is 72.9 Å². The first kappa shape index (κ1) is 30.4. The Hall–Kier alpha value is -4.60. The summed E-state index contributed by atoms with van der Waals surface area (Å²) in [6, 6.07) is 11.8. The Balaban J connectivity index is 1.60. The number of hydrogen-bond donors (Lipinski definition) is 1. The Morgan fingerprint density at radius 3 is 2.40 bits per heavy atom. The third kappa shape index (κ3) is 6.48. The van der Waals surface area contributed by atoms with E-state index >= 15 is 0 Å². The van der Waals surface area contributed by atoms with Gasteiger partial charge in [0.25, 0.3) is 0 Å². The number of likely N-dealkylation sites (tertiary alicyclic amines) is 1. The Morgan fingerprint density at radius 1 is 1.05 bits per heavy atom. The van der Waals surface area contributed by atoms with Crippen molar-refractivity contribution in [1.82, 2.24) is 10.2 Å². The van der Waals surface area contributed by atoms with Crippen LogP contribution in [0.3, 0.4) is 0 Å². The van der Waals surface area contributed by atoms with Crippen LogP contribution in [-0.4, -0.2) is 73.6 Å². The molecule has 1 N–H and O–H groups in total. The first-order valence-corrected chi connectivity index (χ1v) is 13.7. The summed E-state index contributed by atoms with van der Waals surface area (Å²) in [6.07, 6.45) is 1.92. The molecule has 0 unspecified atom stereocenters. The zero-order valence-electron chi connectivity index (χ0n) is 24.4. The second kappa shape index (κ2) is 12.9. The summed E-state index contributed by atoms with van der Waals surface area (Å²) in [6.45, 7) is 13.1. The molecular formula is C32H37N3O7. The number of carbonyl (C=O) groups excluding carboxylic acids is 3. The second-order valence-corrected chi connectivity index (χ2v) is 11.1. The number of fused-ring (bicyclic) bond motifs is 3. The van der Waals surface area contributed by atoms with E-state index in [1.165, 1.54) is 18.1 Å². The third-order valence-electron chi connectivity index (χ3n) is 7.11. The highest BCUT2D eigenvalue weighted by Crippen LogP contribution is 2.39. The molecule has 1 aliphatic heterocycles. The van der Waals surface area contributed by atoms with E-state index < -0.39 is 41.6 Å². The van der Waals surface area contributed by atoms with Crippen LogP contribution in [-0.2, 0) is 23.9 Å². The van der Waals surface area contributed by atoms with E-state index in [9.17, 15) is 14.4 Å². The Bertz CT molecular complexity index is 1390. The lowest BCUT2D eigenvalue weighted by molar-refractivity contribution is -0.152. The number of carbonyl (C=O) groups is 3. The van der Waals surface area contributed by atoms with Gasteiger partial charge in [0, 0.05) is 17.5 Å². The van der Waals surface area contributed by atoms with Crippen molar-refractivity contribution in [2.24, 2.45) is 10.6 Å². The fourth-order valence-corrected chi connectivity index (χ4v) is 5.08. The number of oxime groups is 1. The number of rotatable bonds is 10. The average molecular weight is 576 g/mol. The summed E-state index contributed by atoms with van der Waals surface area (Å²) in [7, 11) is 1.27. The van der Waals surface area contributed by atoms with Crippen molar-refractivity contribution >= 4 is 23.7 Å². The molecule has 1 heterocycles. The molecule has 222 valence electrons. The Kier molecular flexibility index (Phi) is 9.35. The van der Waals surface area contributed by atoms with E-state index in [1.54, 1.807) is 6.08 Å². The maximum atomic E-state index is 13.8. The molecule has 0 spiro atoms. The van der Waals surface area contributed by atoms with Crippen LogP contribution in [0.5, 0.6) is 5.75 Å². The summed E-state index contributed by atoms with van der Waals surface area (Å²) in [5.41, 5.74) is 3.71. The van der Waals surface area contributed by atoms with Crippen LogP contribution in [0.4, 0.5) is 4.79 Å². The standard InChI is InChI=1S/C32H37N3O7/c1-7-15-40-20-13-14-23-22-11-9-10-12-24(22)27(25(23)17-20)34-42-21-18-26(30(37)39-6)35(19-21)29(36)28(32(3,4)5)33-31(38)41-16-8-2/h7-14,17,21,26,28H,1-2,15-16,18-19H2,3-6H3,(H,33,38)/t21-,26+,28-/m1/s1. The van der Waals surface area contributed by atoms with Crippen molar-refractivity contribution in [3.05, 3.63) is 78.9 Å². The minimum Gasteiger partial charge on any atom is -0.490 e. The second-order valence-electron chi connectivity index (χ2n) is 11.1. The predicted octanol–water partition coefficient (Wildman–Crippen LogP) is 4.47. The quantitative estimate of drug-likeness (QED) is 0.215. The Labute approximate surface area is 245 Å². The molecule has 0 aromatic heterocycles. The van der Waals surface area contributed by atoms with Gasteiger partial charge in [-0.15, -0.1) is 0 Å². The van der Waals surface area contributed by atoms with Crippen molar-refractivity contribution in [1.29, 1.82) is 0 Å². The van der Waals surface area contributed by atoms with Gasteiger partial charge in [0.05, 0.1) is 13.7 Å². The minimum absolute atomic E-state index is 0.00420. The fraction of sp³-hybridized carbons (Fsp3) is 0.375. The topological polar surface area (TPSA) is 116 Å². The largest absolute Gasteiger partial charge is 0.490 e. The van der Waals surface area contributed by atoms with Crippen molar-refractivity contribution in [3.8, 4) is 16.9 Å². The highest BCUT2D eigenvalue weighted by molar-refractivity contribution is 6.24. The molecule has 2 aliphatic rings. The summed E-state index contributed by atoms with van der Waals surface area (Å²) in [5, 5.41) is 7.19. The number of methoxy groups -OCH3 is 1. The zero-order chi connectivity index (χ0) is 30.4. The summed E-state index contributed by atoms with van der Waals surface area (Å²) in [4.78, 5) is 46.3. The number of hydrogen-bond acceptors (Lipinski definition) is 8. The predicted molar refractivity (Wildman–Crippen MR) is 158 cm³/mol. The molecular weight excluding hydrogens is 538 g/mol. The molecule has 2 aromatic rings. The van der Waals surface area contributed by atoms with E-state index in [0.717, 1.165) is 22.3 Å². The lowest BCUT2D eigenvalue weighted by Crippen LogP contribution is -2.57. The van der Waals surface area contributed by atoms with Crippen LogP contribution in [0.2, 0.25) is 0 Å². The average Bonchev–Trinajstić information content (AvgIpc) is 3.54. The number of nitrogens with one attached hydrogen (secondary N) is 1. The van der Waals surface area contributed by atoms with Crippen LogP contribution in [0, 0.1) is 5.41 Å². The van der Waals surface area contributed by atoms with Crippen molar-refractivity contribution in [3.63, 3.8) is 0 Å². The molecule has 10 nitrogen and oxygen atoms in total. The van der Waals surface area contributed by atoms with Gasteiger partial charge in [0.15, 0.2) is 0 Å². The summed E-state index contributed by atoms with van der Waals surface area (Å²) >= 11 is 0. The molecule has 10 heteroatoms. The molecule has 2 amide bonds. The number of nitrogens with zero attached hydrogens (tertiary/aromatic N) is 2. The molecule has 1 saturated heterocycles. The SMILES string of the molecule is C=CCOC(=O)N[C@H](C(=O)N1C[C@H](ON=C2c3ccccc3-c3ccc(OCC=C)cc32)C[C@H]1C(=O)OC)C(C)(C)C. The van der Waals surface area contributed by atoms with Crippen LogP contribution in [0.1, 0.15) is 38.3 Å². The lowest BCUT2D eigenvalue weighted by Gasteiger charge is -2.34. The van der Waals surface area contributed by atoms with Crippen LogP contribution >= 0.6 is 0 Å². The van der Waals surface area contributed by atoms with E-state index in [0.29, 0.717) is 18.1 Å². The van der Waals surface area contributed by atoms with Gasteiger partial charge in [-0.05, 0) is 34.7 Å². The number of ether oxygens (including phenoxy) is 3. The smallest absolute Gasteiger partial charge is 0.408 e. The Morgan fingerprint density at radius 2 is 1.74 bits per heavy atom. The fourth-order valence-electron chi connectivity index (χ4n) is 5.08. The molecule has 0 saturated carbocycles. The number of amides is 2. The molecule has 1 aliphatic carbocycles. The number of benzene rings is 2. The molecule has 4 rings (SSSR count). The first-order valence-electron chi connectivity index (χ1n) is 13.7. The molecule has 3 atom stereocenters. The van der Waals surface area contributed by atoms with Crippen molar-refractivity contribution < 1.29 is 33.4 Å². The van der Waals surface area contributed by atoms with Gasteiger partial charge in [0.1, 0.15) is 42.9 Å². The summed E-state index contributed by atoms with van der Waals surface area (Å²) < 4.78 is 15.8. The van der Waals surface area contributed by atoms with Gasteiger partial charge in [0.2, 0.25) is 5.91 Å².